The van der Waals surface area contributed by atoms with Crippen LogP contribution in [0.1, 0.15) is 59.3 Å². The predicted molar refractivity (Wildman–Crippen MR) is 76.5 cm³/mol. The Labute approximate surface area is 112 Å². The second kappa shape index (κ2) is 7.78. The molecule has 1 rings (SSSR count). The SMILES string of the molecule is CCCC1(C(=O)NCC(CC)CC)CCNCC1. The van der Waals surface area contributed by atoms with Crippen LogP contribution in [-0.2, 0) is 4.79 Å². The molecule has 3 nitrogen and oxygen atoms in total. The number of hydrogen-bond acceptors (Lipinski definition) is 2. The van der Waals surface area contributed by atoms with Crippen molar-refractivity contribution in [3.8, 4) is 0 Å². The summed E-state index contributed by atoms with van der Waals surface area (Å²) in [6, 6.07) is 0. The molecular formula is C15H30N2O. The molecule has 0 spiro atoms. The van der Waals surface area contributed by atoms with Crippen molar-refractivity contribution in [1.29, 1.82) is 0 Å². The van der Waals surface area contributed by atoms with E-state index in [0.717, 1.165) is 58.2 Å². The molecule has 0 aromatic carbocycles. The van der Waals surface area contributed by atoms with Gasteiger partial charge in [-0.05, 0) is 38.3 Å². The van der Waals surface area contributed by atoms with E-state index in [4.69, 9.17) is 0 Å². The number of carbonyl (C=O) groups excluding carboxylic acids is 1. The van der Waals surface area contributed by atoms with Gasteiger partial charge in [-0.1, -0.05) is 40.0 Å². The fourth-order valence-corrected chi connectivity index (χ4v) is 2.98. The van der Waals surface area contributed by atoms with E-state index in [0.29, 0.717) is 11.8 Å². The van der Waals surface area contributed by atoms with Gasteiger partial charge in [-0.15, -0.1) is 0 Å². The number of amides is 1. The molecule has 0 radical (unpaired) electrons. The highest BCUT2D eigenvalue weighted by atomic mass is 16.2. The Bertz CT molecular complexity index is 237. The van der Waals surface area contributed by atoms with E-state index in [-0.39, 0.29) is 5.41 Å². The third-order valence-corrected chi connectivity index (χ3v) is 4.48. The zero-order valence-electron chi connectivity index (χ0n) is 12.3. The minimum Gasteiger partial charge on any atom is -0.355 e. The molecule has 1 aliphatic heterocycles. The lowest BCUT2D eigenvalue weighted by molar-refractivity contribution is -0.133. The number of piperidine rings is 1. The van der Waals surface area contributed by atoms with Crippen molar-refractivity contribution >= 4 is 5.91 Å². The Morgan fingerprint density at radius 1 is 1.22 bits per heavy atom. The van der Waals surface area contributed by atoms with Gasteiger partial charge in [0.1, 0.15) is 0 Å². The van der Waals surface area contributed by atoms with Crippen LogP contribution in [0, 0.1) is 11.3 Å². The first-order chi connectivity index (χ1) is 8.68. The summed E-state index contributed by atoms with van der Waals surface area (Å²) in [6.45, 7) is 9.40. The van der Waals surface area contributed by atoms with Gasteiger partial charge in [0.05, 0.1) is 5.41 Å². The van der Waals surface area contributed by atoms with E-state index >= 15 is 0 Å². The van der Waals surface area contributed by atoms with Gasteiger partial charge in [-0.25, -0.2) is 0 Å². The van der Waals surface area contributed by atoms with E-state index in [1.807, 2.05) is 0 Å². The van der Waals surface area contributed by atoms with Crippen molar-refractivity contribution in [2.24, 2.45) is 11.3 Å². The molecule has 18 heavy (non-hydrogen) atoms. The molecule has 0 saturated carbocycles. The zero-order chi connectivity index (χ0) is 13.4. The number of carbonyl (C=O) groups is 1. The highest BCUT2D eigenvalue weighted by Crippen LogP contribution is 2.34. The second-order valence-corrected chi connectivity index (χ2v) is 5.67. The third-order valence-electron chi connectivity index (χ3n) is 4.48. The molecule has 0 bridgehead atoms. The maximum Gasteiger partial charge on any atom is 0.226 e. The molecule has 0 unspecified atom stereocenters. The molecule has 0 atom stereocenters. The Balaban J connectivity index is 2.54. The highest BCUT2D eigenvalue weighted by molar-refractivity contribution is 5.82. The molecule has 3 heteroatoms. The van der Waals surface area contributed by atoms with Crippen LogP contribution >= 0.6 is 0 Å². The summed E-state index contributed by atoms with van der Waals surface area (Å²) >= 11 is 0. The van der Waals surface area contributed by atoms with Crippen LogP contribution in [0.15, 0.2) is 0 Å². The van der Waals surface area contributed by atoms with E-state index in [2.05, 4.69) is 31.4 Å². The maximum absolute atomic E-state index is 12.5. The Morgan fingerprint density at radius 3 is 2.33 bits per heavy atom. The molecule has 0 aromatic heterocycles. The number of nitrogens with one attached hydrogen (secondary N) is 2. The van der Waals surface area contributed by atoms with Crippen LogP contribution in [0.5, 0.6) is 0 Å². The molecule has 1 amide bonds. The second-order valence-electron chi connectivity index (χ2n) is 5.67. The quantitative estimate of drug-likeness (QED) is 0.733. The average molecular weight is 254 g/mol. The van der Waals surface area contributed by atoms with Gasteiger partial charge in [0, 0.05) is 6.54 Å². The van der Waals surface area contributed by atoms with E-state index < -0.39 is 0 Å². The largest absolute Gasteiger partial charge is 0.355 e. The lowest BCUT2D eigenvalue weighted by atomic mass is 9.74. The van der Waals surface area contributed by atoms with Crippen molar-refractivity contribution in [3.05, 3.63) is 0 Å². The Hall–Kier alpha value is -0.570. The van der Waals surface area contributed by atoms with Gasteiger partial charge in [0.2, 0.25) is 5.91 Å². The zero-order valence-corrected chi connectivity index (χ0v) is 12.3. The summed E-state index contributed by atoms with van der Waals surface area (Å²) in [6.07, 6.45) is 6.42. The minimum atomic E-state index is -0.0912. The van der Waals surface area contributed by atoms with Crippen LogP contribution in [0.4, 0.5) is 0 Å². The lowest BCUT2D eigenvalue weighted by Gasteiger charge is -2.36. The fourth-order valence-electron chi connectivity index (χ4n) is 2.98. The van der Waals surface area contributed by atoms with Gasteiger partial charge >= 0.3 is 0 Å². The van der Waals surface area contributed by atoms with Crippen molar-refractivity contribution in [2.45, 2.75) is 59.3 Å². The van der Waals surface area contributed by atoms with E-state index in [1.165, 1.54) is 0 Å². The van der Waals surface area contributed by atoms with Crippen LogP contribution < -0.4 is 10.6 Å². The van der Waals surface area contributed by atoms with Gasteiger partial charge < -0.3 is 10.6 Å². The average Bonchev–Trinajstić information content (AvgIpc) is 2.41. The summed E-state index contributed by atoms with van der Waals surface area (Å²) < 4.78 is 0. The summed E-state index contributed by atoms with van der Waals surface area (Å²) in [5, 5.41) is 6.57. The van der Waals surface area contributed by atoms with Gasteiger partial charge in [0.15, 0.2) is 0 Å². The standard InChI is InChI=1S/C15H30N2O/c1-4-7-15(8-10-16-11-9-15)14(18)17-12-13(5-2)6-3/h13,16H,4-12H2,1-3H3,(H,17,18). The van der Waals surface area contributed by atoms with Gasteiger partial charge in [0.25, 0.3) is 0 Å². The fraction of sp³-hybridized carbons (Fsp3) is 0.933. The monoisotopic (exact) mass is 254 g/mol. The van der Waals surface area contributed by atoms with Crippen molar-refractivity contribution in [1.82, 2.24) is 10.6 Å². The summed E-state index contributed by atoms with van der Waals surface area (Å²) in [5.74, 6) is 0.937. The maximum atomic E-state index is 12.5. The first-order valence-corrected chi connectivity index (χ1v) is 7.67. The van der Waals surface area contributed by atoms with E-state index in [9.17, 15) is 4.79 Å². The molecule has 1 aliphatic rings. The molecule has 1 heterocycles. The molecule has 1 fully saturated rings. The topological polar surface area (TPSA) is 41.1 Å². The van der Waals surface area contributed by atoms with Crippen LogP contribution in [0.25, 0.3) is 0 Å². The van der Waals surface area contributed by atoms with Gasteiger partial charge in [-0.2, -0.15) is 0 Å². The van der Waals surface area contributed by atoms with Crippen LogP contribution in [0.3, 0.4) is 0 Å². The third kappa shape index (κ3) is 3.98. The number of rotatable bonds is 7. The normalized spacial score (nSPS) is 18.9. The molecule has 106 valence electrons. The van der Waals surface area contributed by atoms with Gasteiger partial charge in [-0.3, -0.25) is 4.79 Å². The first-order valence-electron chi connectivity index (χ1n) is 7.67. The van der Waals surface area contributed by atoms with Crippen LogP contribution in [0.2, 0.25) is 0 Å². The Morgan fingerprint density at radius 2 is 1.83 bits per heavy atom. The van der Waals surface area contributed by atoms with Crippen molar-refractivity contribution in [2.75, 3.05) is 19.6 Å². The lowest BCUT2D eigenvalue weighted by Crippen LogP contribution is -2.48. The van der Waals surface area contributed by atoms with Crippen LogP contribution in [-0.4, -0.2) is 25.5 Å². The molecule has 0 aliphatic carbocycles. The Kier molecular flexibility index (Phi) is 6.69. The molecule has 2 N–H and O–H groups in total. The minimum absolute atomic E-state index is 0.0912. The summed E-state index contributed by atoms with van der Waals surface area (Å²) in [5.41, 5.74) is -0.0912. The van der Waals surface area contributed by atoms with Crippen molar-refractivity contribution in [3.63, 3.8) is 0 Å². The number of hydrogen-bond donors (Lipinski definition) is 2. The van der Waals surface area contributed by atoms with E-state index in [1.54, 1.807) is 0 Å². The molecule has 1 saturated heterocycles. The summed E-state index contributed by atoms with van der Waals surface area (Å²) in [4.78, 5) is 12.5. The molecule has 0 aromatic rings. The summed E-state index contributed by atoms with van der Waals surface area (Å²) in [7, 11) is 0. The highest BCUT2D eigenvalue weighted by Gasteiger charge is 2.38. The molecular weight excluding hydrogens is 224 g/mol. The smallest absolute Gasteiger partial charge is 0.226 e. The predicted octanol–water partition coefficient (Wildman–Crippen LogP) is 2.71. The first kappa shape index (κ1) is 15.5. The van der Waals surface area contributed by atoms with Crippen molar-refractivity contribution < 1.29 is 4.79 Å².